The highest BCUT2D eigenvalue weighted by Crippen LogP contribution is 2.32. The fraction of sp³-hybridized carbons (Fsp3) is 0.0455. The Bertz CT molecular complexity index is 1300. The summed E-state index contributed by atoms with van der Waals surface area (Å²) in [7, 11) is 0. The van der Waals surface area contributed by atoms with Crippen molar-refractivity contribution >= 4 is 22.5 Å². The maximum Gasteiger partial charge on any atom is 0.416 e. The van der Waals surface area contributed by atoms with Crippen LogP contribution in [0.3, 0.4) is 0 Å². The number of pyridine rings is 2. The Morgan fingerprint density at radius 2 is 1.70 bits per heavy atom. The monoisotopic (exact) mass is 409 g/mol. The highest BCUT2D eigenvalue weighted by atomic mass is 19.4. The molecule has 2 aromatic carbocycles. The molecule has 0 aliphatic heterocycles. The van der Waals surface area contributed by atoms with Crippen LogP contribution >= 0.6 is 0 Å². The van der Waals surface area contributed by atoms with E-state index < -0.39 is 23.1 Å². The molecule has 1 amide bonds. The van der Waals surface area contributed by atoms with E-state index in [-0.39, 0.29) is 27.7 Å². The Kier molecular flexibility index (Phi) is 4.83. The van der Waals surface area contributed by atoms with Gasteiger partial charge in [0.1, 0.15) is 0 Å². The molecular weight excluding hydrogens is 395 g/mol. The largest absolute Gasteiger partial charge is 0.416 e. The summed E-state index contributed by atoms with van der Waals surface area (Å²) in [6, 6.07) is 13.7. The van der Waals surface area contributed by atoms with Gasteiger partial charge in [-0.15, -0.1) is 0 Å². The first-order valence-electron chi connectivity index (χ1n) is 8.88. The van der Waals surface area contributed by atoms with Crippen molar-refractivity contribution in [1.82, 2.24) is 9.97 Å². The van der Waals surface area contributed by atoms with Gasteiger partial charge in [0.15, 0.2) is 5.43 Å². The lowest BCUT2D eigenvalue weighted by atomic mass is 10.0. The first-order valence-corrected chi connectivity index (χ1v) is 8.88. The molecule has 150 valence electrons. The first kappa shape index (κ1) is 19.4. The van der Waals surface area contributed by atoms with Crippen LogP contribution in [-0.4, -0.2) is 15.9 Å². The van der Waals surface area contributed by atoms with E-state index in [9.17, 15) is 22.8 Å². The van der Waals surface area contributed by atoms with Crippen LogP contribution in [0.15, 0.2) is 77.9 Å². The molecule has 0 aliphatic rings. The number of nitrogens with zero attached hydrogens (tertiary/aromatic N) is 1. The minimum atomic E-state index is -4.51. The van der Waals surface area contributed by atoms with Crippen LogP contribution in [0, 0.1) is 0 Å². The number of hydrogen-bond acceptors (Lipinski definition) is 3. The molecule has 4 aromatic rings. The molecule has 0 saturated carbocycles. The number of anilines is 1. The van der Waals surface area contributed by atoms with Crippen molar-refractivity contribution < 1.29 is 18.0 Å². The standard InChI is InChI=1S/C22H14F3N3O2/c23-22(24,25)14-4-1-3-13(11-14)18-12-19(29)16-5-2-6-17(20(16)28-18)21(30)27-15-7-9-26-10-8-15/h1-12H,(H,28,29)(H,26,27,30). The molecule has 0 aliphatic carbocycles. The number of fused-ring (bicyclic) bond motifs is 1. The van der Waals surface area contributed by atoms with E-state index >= 15 is 0 Å². The highest BCUT2D eigenvalue weighted by molar-refractivity contribution is 6.12. The molecule has 0 unspecified atom stereocenters. The molecule has 0 bridgehead atoms. The number of para-hydroxylation sites is 1. The van der Waals surface area contributed by atoms with Gasteiger partial charge >= 0.3 is 6.18 Å². The average molecular weight is 409 g/mol. The highest BCUT2D eigenvalue weighted by Gasteiger charge is 2.30. The van der Waals surface area contributed by atoms with Gasteiger partial charge in [-0.3, -0.25) is 14.6 Å². The summed E-state index contributed by atoms with van der Waals surface area (Å²) in [5.74, 6) is -0.469. The quantitative estimate of drug-likeness (QED) is 0.507. The number of aromatic nitrogens is 2. The number of nitrogens with one attached hydrogen (secondary N) is 2. The third-order valence-electron chi connectivity index (χ3n) is 4.55. The molecule has 8 heteroatoms. The zero-order valence-corrected chi connectivity index (χ0v) is 15.3. The molecule has 5 nitrogen and oxygen atoms in total. The molecule has 2 N–H and O–H groups in total. The van der Waals surface area contributed by atoms with Crippen molar-refractivity contribution in [3.05, 3.63) is 94.4 Å². The summed E-state index contributed by atoms with van der Waals surface area (Å²) in [6.45, 7) is 0. The minimum absolute atomic E-state index is 0.183. The van der Waals surface area contributed by atoms with E-state index in [1.807, 2.05) is 0 Å². The van der Waals surface area contributed by atoms with Gasteiger partial charge in [-0.25, -0.2) is 0 Å². The number of alkyl halides is 3. The molecule has 0 atom stereocenters. The van der Waals surface area contributed by atoms with Crippen LogP contribution < -0.4 is 10.7 Å². The van der Waals surface area contributed by atoms with E-state index in [0.717, 1.165) is 12.1 Å². The zero-order valence-electron chi connectivity index (χ0n) is 15.3. The summed E-state index contributed by atoms with van der Waals surface area (Å²) >= 11 is 0. The number of halogens is 3. The van der Waals surface area contributed by atoms with E-state index in [4.69, 9.17) is 0 Å². The van der Waals surface area contributed by atoms with Crippen molar-refractivity contribution in [2.24, 2.45) is 0 Å². The zero-order chi connectivity index (χ0) is 21.3. The molecule has 4 rings (SSSR count). The molecule has 2 aromatic heterocycles. The molecule has 0 fully saturated rings. The summed E-state index contributed by atoms with van der Waals surface area (Å²) in [4.78, 5) is 32.2. The second-order valence-corrected chi connectivity index (χ2v) is 6.54. The number of carbonyl (C=O) groups is 1. The summed E-state index contributed by atoms with van der Waals surface area (Å²) in [5, 5.41) is 2.97. The predicted octanol–water partition coefficient (Wildman–Crippen LogP) is 4.86. The van der Waals surface area contributed by atoms with E-state index in [1.54, 1.807) is 24.3 Å². The van der Waals surface area contributed by atoms with Crippen LogP contribution in [0.4, 0.5) is 18.9 Å². The summed E-state index contributed by atoms with van der Waals surface area (Å²) < 4.78 is 39.2. The Labute approximate surface area is 168 Å². The molecule has 0 radical (unpaired) electrons. The van der Waals surface area contributed by atoms with Crippen molar-refractivity contribution in [3.63, 3.8) is 0 Å². The molecule has 0 saturated heterocycles. The maximum atomic E-state index is 13.1. The number of hydrogen-bond donors (Lipinski definition) is 2. The summed E-state index contributed by atoms with van der Waals surface area (Å²) in [6.07, 6.45) is -1.47. The smallest absolute Gasteiger partial charge is 0.354 e. The Hall–Kier alpha value is -3.94. The van der Waals surface area contributed by atoms with Gasteiger partial charge in [-0.2, -0.15) is 13.2 Å². The molecule has 30 heavy (non-hydrogen) atoms. The van der Waals surface area contributed by atoms with Crippen molar-refractivity contribution in [1.29, 1.82) is 0 Å². The Morgan fingerprint density at radius 3 is 2.43 bits per heavy atom. The second kappa shape index (κ2) is 7.47. The average Bonchev–Trinajstić information content (AvgIpc) is 2.73. The van der Waals surface area contributed by atoms with Gasteiger partial charge in [-0.1, -0.05) is 18.2 Å². The van der Waals surface area contributed by atoms with E-state index in [2.05, 4.69) is 15.3 Å². The number of amides is 1. The summed E-state index contributed by atoms with van der Waals surface area (Å²) in [5.41, 5.74) is 0.0814. The lowest BCUT2D eigenvalue weighted by Gasteiger charge is -2.11. The van der Waals surface area contributed by atoms with Crippen LogP contribution in [0.25, 0.3) is 22.2 Å². The fourth-order valence-electron chi connectivity index (χ4n) is 3.11. The van der Waals surface area contributed by atoms with Crippen LogP contribution in [-0.2, 0) is 6.18 Å². The number of benzene rings is 2. The van der Waals surface area contributed by atoms with Crippen molar-refractivity contribution in [3.8, 4) is 11.3 Å². The number of carbonyl (C=O) groups excluding carboxylic acids is 1. The number of H-pyrrole nitrogens is 1. The third kappa shape index (κ3) is 3.80. The normalized spacial score (nSPS) is 11.4. The van der Waals surface area contributed by atoms with Crippen LogP contribution in [0.5, 0.6) is 0 Å². The van der Waals surface area contributed by atoms with E-state index in [1.165, 1.54) is 36.7 Å². The van der Waals surface area contributed by atoms with Gasteiger partial charge in [0.05, 0.1) is 16.6 Å². The molecule has 0 spiro atoms. The van der Waals surface area contributed by atoms with Gasteiger partial charge in [-0.05, 0) is 42.0 Å². The van der Waals surface area contributed by atoms with Crippen LogP contribution in [0.2, 0.25) is 0 Å². The lowest BCUT2D eigenvalue weighted by molar-refractivity contribution is -0.137. The lowest BCUT2D eigenvalue weighted by Crippen LogP contribution is -2.14. The first-order chi connectivity index (χ1) is 14.3. The molecule has 2 heterocycles. The third-order valence-corrected chi connectivity index (χ3v) is 4.55. The molecular formula is C22H14F3N3O2. The minimum Gasteiger partial charge on any atom is -0.354 e. The number of aromatic amines is 1. The van der Waals surface area contributed by atoms with Crippen molar-refractivity contribution in [2.75, 3.05) is 5.32 Å². The second-order valence-electron chi connectivity index (χ2n) is 6.54. The van der Waals surface area contributed by atoms with Crippen molar-refractivity contribution in [2.45, 2.75) is 6.18 Å². The maximum absolute atomic E-state index is 13.1. The predicted molar refractivity (Wildman–Crippen MR) is 107 cm³/mol. The van der Waals surface area contributed by atoms with Gasteiger partial charge < -0.3 is 10.3 Å². The van der Waals surface area contributed by atoms with Crippen LogP contribution in [0.1, 0.15) is 15.9 Å². The van der Waals surface area contributed by atoms with Gasteiger partial charge in [0.2, 0.25) is 0 Å². The van der Waals surface area contributed by atoms with Gasteiger partial charge in [0.25, 0.3) is 5.91 Å². The Balaban J connectivity index is 1.83. The number of rotatable bonds is 3. The SMILES string of the molecule is O=C(Nc1ccncc1)c1cccc2c(=O)cc(-c3cccc(C(F)(F)F)c3)[nH]c12. The topological polar surface area (TPSA) is 74.8 Å². The van der Waals surface area contributed by atoms with Gasteiger partial charge in [0, 0.05) is 35.2 Å². The Morgan fingerprint density at radius 1 is 0.967 bits per heavy atom. The fourth-order valence-corrected chi connectivity index (χ4v) is 3.11. The van der Waals surface area contributed by atoms with E-state index in [0.29, 0.717) is 5.69 Å².